The zero-order valence-electron chi connectivity index (χ0n) is 6.84. The van der Waals surface area contributed by atoms with Crippen molar-refractivity contribution < 1.29 is 0 Å². The standard InChI is InChI=1S/C9H18S/c1-8(7-10)6-9-4-2-3-5-9/h8-10H,2-7H2,1H3. The number of hydrogen-bond donors (Lipinski definition) is 1. The first-order chi connectivity index (χ1) is 4.83. The highest BCUT2D eigenvalue weighted by molar-refractivity contribution is 7.80. The molecule has 0 nitrogen and oxygen atoms in total. The third-order valence-electron chi connectivity index (χ3n) is 2.52. The van der Waals surface area contributed by atoms with Crippen molar-refractivity contribution in [3.8, 4) is 0 Å². The summed E-state index contributed by atoms with van der Waals surface area (Å²) in [5.74, 6) is 2.95. The van der Waals surface area contributed by atoms with Gasteiger partial charge in [-0.2, -0.15) is 12.6 Å². The van der Waals surface area contributed by atoms with Gasteiger partial charge >= 0.3 is 0 Å². The molecule has 0 heterocycles. The van der Waals surface area contributed by atoms with Gasteiger partial charge in [0.1, 0.15) is 0 Å². The maximum absolute atomic E-state index is 4.29. The molecule has 60 valence electrons. The summed E-state index contributed by atoms with van der Waals surface area (Å²) >= 11 is 4.29. The number of hydrogen-bond acceptors (Lipinski definition) is 1. The minimum atomic E-state index is 0.839. The van der Waals surface area contributed by atoms with Gasteiger partial charge in [-0.25, -0.2) is 0 Å². The van der Waals surface area contributed by atoms with Crippen molar-refractivity contribution in [1.29, 1.82) is 0 Å². The minimum Gasteiger partial charge on any atom is -0.179 e. The molecule has 1 heteroatoms. The van der Waals surface area contributed by atoms with Crippen molar-refractivity contribution >= 4 is 12.6 Å². The van der Waals surface area contributed by atoms with E-state index in [0.717, 1.165) is 17.6 Å². The van der Waals surface area contributed by atoms with Gasteiger partial charge in [0, 0.05) is 0 Å². The van der Waals surface area contributed by atoms with E-state index in [1.54, 1.807) is 0 Å². The van der Waals surface area contributed by atoms with Gasteiger partial charge in [0.2, 0.25) is 0 Å². The lowest BCUT2D eigenvalue weighted by Crippen LogP contribution is -2.03. The highest BCUT2D eigenvalue weighted by Gasteiger charge is 2.16. The molecule has 0 aromatic heterocycles. The van der Waals surface area contributed by atoms with Crippen LogP contribution in [0.1, 0.15) is 39.0 Å². The summed E-state index contributed by atoms with van der Waals surface area (Å²) in [6.45, 7) is 2.31. The molecule has 1 atom stereocenters. The summed E-state index contributed by atoms with van der Waals surface area (Å²) < 4.78 is 0. The van der Waals surface area contributed by atoms with E-state index in [4.69, 9.17) is 0 Å². The summed E-state index contributed by atoms with van der Waals surface area (Å²) in [5, 5.41) is 0. The van der Waals surface area contributed by atoms with Crippen LogP contribution in [0.5, 0.6) is 0 Å². The Bertz CT molecular complexity index is 84.7. The van der Waals surface area contributed by atoms with E-state index in [1.807, 2.05) is 0 Å². The Morgan fingerprint density at radius 2 is 2.00 bits per heavy atom. The van der Waals surface area contributed by atoms with Crippen molar-refractivity contribution in [2.75, 3.05) is 5.75 Å². The number of rotatable bonds is 3. The quantitative estimate of drug-likeness (QED) is 0.599. The Labute approximate surface area is 69.8 Å². The van der Waals surface area contributed by atoms with Crippen LogP contribution in [0, 0.1) is 11.8 Å². The Balaban J connectivity index is 2.11. The highest BCUT2D eigenvalue weighted by Crippen LogP contribution is 2.30. The SMILES string of the molecule is CC(CS)CC1CCCC1. The van der Waals surface area contributed by atoms with Crippen LogP contribution in [0.2, 0.25) is 0 Å². The lowest BCUT2D eigenvalue weighted by atomic mass is 9.96. The van der Waals surface area contributed by atoms with Crippen LogP contribution in [0.25, 0.3) is 0 Å². The van der Waals surface area contributed by atoms with E-state index in [9.17, 15) is 0 Å². The van der Waals surface area contributed by atoms with E-state index in [1.165, 1.54) is 32.1 Å². The Morgan fingerprint density at radius 1 is 1.40 bits per heavy atom. The van der Waals surface area contributed by atoms with Crippen molar-refractivity contribution in [1.82, 2.24) is 0 Å². The molecule has 0 aliphatic heterocycles. The maximum Gasteiger partial charge on any atom is -0.00720 e. The Hall–Kier alpha value is 0.350. The van der Waals surface area contributed by atoms with Crippen molar-refractivity contribution in [3.05, 3.63) is 0 Å². The average molecular weight is 158 g/mol. The van der Waals surface area contributed by atoms with Gasteiger partial charge in [-0.1, -0.05) is 32.6 Å². The molecule has 0 bridgehead atoms. The molecule has 1 saturated carbocycles. The first-order valence-corrected chi connectivity index (χ1v) is 5.07. The average Bonchev–Trinajstić information content (AvgIpc) is 2.40. The summed E-state index contributed by atoms with van der Waals surface area (Å²) in [5.41, 5.74) is 0. The Morgan fingerprint density at radius 3 is 2.50 bits per heavy atom. The maximum atomic E-state index is 4.29. The van der Waals surface area contributed by atoms with Crippen LogP contribution in [0.4, 0.5) is 0 Å². The monoisotopic (exact) mass is 158 g/mol. The normalized spacial score (nSPS) is 23.4. The van der Waals surface area contributed by atoms with E-state index in [0.29, 0.717) is 0 Å². The van der Waals surface area contributed by atoms with E-state index >= 15 is 0 Å². The molecule has 1 aliphatic rings. The zero-order chi connectivity index (χ0) is 7.40. The molecule has 0 radical (unpaired) electrons. The summed E-state index contributed by atoms with van der Waals surface area (Å²) in [4.78, 5) is 0. The van der Waals surface area contributed by atoms with E-state index < -0.39 is 0 Å². The molecule has 1 rings (SSSR count). The molecule has 0 saturated heterocycles. The van der Waals surface area contributed by atoms with Gasteiger partial charge in [-0.15, -0.1) is 0 Å². The molecule has 1 fully saturated rings. The summed E-state index contributed by atoms with van der Waals surface area (Å²) in [6, 6.07) is 0. The fraction of sp³-hybridized carbons (Fsp3) is 1.00. The van der Waals surface area contributed by atoms with E-state index in [-0.39, 0.29) is 0 Å². The number of thiol groups is 1. The van der Waals surface area contributed by atoms with Crippen LogP contribution in [-0.2, 0) is 0 Å². The van der Waals surface area contributed by atoms with Crippen LogP contribution < -0.4 is 0 Å². The van der Waals surface area contributed by atoms with Crippen LogP contribution in [-0.4, -0.2) is 5.75 Å². The molecule has 0 amide bonds. The lowest BCUT2D eigenvalue weighted by Gasteiger charge is -2.12. The predicted molar refractivity (Wildman–Crippen MR) is 49.6 cm³/mol. The van der Waals surface area contributed by atoms with Gasteiger partial charge in [0.25, 0.3) is 0 Å². The smallest absolute Gasteiger partial charge is 0.00720 e. The minimum absolute atomic E-state index is 0.839. The lowest BCUT2D eigenvalue weighted by molar-refractivity contribution is 0.424. The summed E-state index contributed by atoms with van der Waals surface area (Å²) in [7, 11) is 0. The molecule has 0 spiro atoms. The van der Waals surface area contributed by atoms with Crippen LogP contribution in [0.3, 0.4) is 0 Å². The molecule has 1 aliphatic carbocycles. The van der Waals surface area contributed by atoms with Crippen LogP contribution in [0.15, 0.2) is 0 Å². The third kappa shape index (κ3) is 2.53. The van der Waals surface area contributed by atoms with Gasteiger partial charge in [0.05, 0.1) is 0 Å². The summed E-state index contributed by atoms with van der Waals surface area (Å²) in [6.07, 6.45) is 7.34. The fourth-order valence-electron chi connectivity index (χ4n) is 1.89. The van der Waals surface area contributed by atoms with Crippen molar-refractivity contribution in [3.63, 3.8) is 0 Å². The second kappa shape index (κ2) is 4.27. The first-order valence-electron chi connectivity index (χ1n) is 4.43. The molecular formula is C9H18S. The predicted octanol–water partition coefficient (Wildman–Crippen LogP) is 3.13. The van der Waals surface area contributed by atoms with E-state index in [2.05, 4.69) is 19.6 Å². The topological polar surface area (TPSA) is 0 Å². The van der Waals surface area contributed by atoms with Gasteiger partial charge in [0.15, 0.2) is 0 Å². The highest BCUT2D eigenvalue weighted by atomic mass is 32.1. The molecule has 10 heavy (non-hydrogen) atoms. The molecular weight excluding hydrogens is 140 g/mol. The van der Waals surface area contributed by atoms with Gasteiger partial charge in [-0.05, 0) is 24.0 Å². The van der Waals surface area contributed by atoms with Gasteiger partial charge < -0.3 is 0 Å². The molecule has 0 aromatic rings. The zero-order valence-corrected chi connectivity index (χ0v) is 7.74. The molecule has 0 N–H and O–H groups in total. The van der Waals surface area contributed by atoms with Crippen molar-refractivity contribution in [2.45, 2.75) is 39.0 Å². The van der Waals surface area contributed by atoms with Crippen molar-refractivity contribution in [2.24, 2.45) is 11.8 Å². The Kier molecular flexibility index (Phi) is 3.61. The van der Waals surface area contributed by atoms with Gasteiger partial charge in [-0.3, -0.25) is 0 Å². The largest absolute Gasteiger partial charge is 0.179 e. The molecule has 1 unspecified atom stereocenters. The second-order valence-corrected chi connectivity index (χ2v) is 4.04. The fourth-order valence-corrected chi connectivity index (χ4v) is 2.04. The van der Waals surface area contributed by atoms with Crippen LogP contribution >= 0.6 is 12.6 Å². The second-order valence-electron chi connectivity index (χ2n) is 3.67. The molecule has 0 aromatic carbocycles. The first kappa shape index (κ1) is 8.45. The third-order valence-corrected chi connectivity index (χ3v) is 3.15.